The molecule has 1 N–H and O–H groups in total. The van der Waals surface area contributed by atoms with Crippen LogP contribution in [-0.4, -0.2) is 21.2 Å². The molecule has 0 radical (unpaired) electrons. The van der Waals surface area contributed by atoms with E-state index >= 15 is 0 Å². The average molecular weight is 287 g/mol. The smallest absolute Gasteiger partial charge is 0.208 e. The summed E-state index contributed by atoms with van der Waals surface area (Å²) in [5.74, 6) is 0. The Morgan fingerprint density at radius 3 is 2.71 bits per heavy atom. The summed E-state index contributed by atoms with van der Waals surface area (Å²) in [7, 11) is -3.07. The van der Waals surface area contributed by atoms with Crippen LogP contribution in [0.2, 0.25) is 0 Å². The van der Waals surface area contributed by atoms with Crippen molar-refractivity contribution in [3.8, 4) is 9.75 Å². The van der Waals surface area contributed by atoms with Gasteiger partial charge in [0.2, 0.25) is 10.0 Å². The minimum Gasteiger partial charge on any atom is -0.215 e. The molecule has 0 bridgehead atoms. The maximum absolute atomic E-state index is 10.9. The molecule has 6 heteroatoms. The quantitative estimate of drug-likeness (QED) is 0.918. The van der Waals surface area contributed by atoms with Crippen molar-refractivity contribution in [1.29, 1.82) is 0 Å². The maximum Gasteiger partial charge on any atom is 0.208 e. The number of thiophene rings is 2. The molecule has 0 saturated heterocycles. The molecule has 17 heavy (non-hydrogen) atoms. The van der Waals surface area contributed by atoms with Crippen molar-refractivity contribution in [2.24, 2.45) is 0 Å². The van der Waals surface area contributed by atoms with E-state index in [0.717, 1.165) is 6.42 Å². The molecule has 0 saturated carbocycles. The molecular formula is C11H13NO2S3. The van der Waals surface area contributed by atoms with Gasteiger partial charge >= 0.3 is 0 Å². The van der Waals surface area contributed by atoms with Crippen LogP contribution in [0.4, 0.5) is 0 Å². The first kappa shape index (κ1) is 12.8. The van der Waals surface area contributed by atoms with Gasteiger partial charge in [0.15, 0.2) is 0 Å². The SMILES string of the molecule is CS(=O)(=O)NCCc1ccc(-c2cccs2)s1. The molecule has 0 atom stereocenters. The number of sulfonamides is 1. The van der Waals surface area contributed by atoms with Crippen LogP contribution in [0, 0.1) is 0 Å². The monoisotopic (exact) mass is 287 g/mol. The fourth-order valence-corrected chi connectivity index (χ4v) is 3.74. The van der Waals surface area contributed by atoms with E-state index < -0.39 is 10.0 Å². The Kier molecular flexibility index (Phi) is 3.98. The third-order valence-electron chi connectivity index (χ3n) is 2.16. The van der Waals surface area contributed by atoms with Crippen LogP contribution in [0.15, 0.2) is 29.6 Å². The molecule has 0 unspecified atom stereocenters. The van der Waals surface area contributed by atoms with E-state index in [1.165, 1.54) is 20.9 Å². The topological polar surface area (TPSA) is 46.2 Å². The zero-order valence-corrected chi connectivity index (χ0v) is 11.8. The summed E-state index contributed by atoms with van der Waals surface area (Å²) >= 11 is 3.43. The first-order chi connectivity index (χ1) is 8.04. The highest BCUT2D eigenvalue weighted by molar-refractivity contribution is 7.88. The Labute approximate surface area is 109 Å². The second-order valence-electron chi connectivity index (χ2n) is 3.66. The summed E-state index contributed by atoms with van der Waals surface area (Å²) < 4.78 is 24.3. The van der Waals surface area contributed by atoms with Crippen molar-refractivity contribution in [2.75, 3.05) is 12.8 Å². The first-order valence-corrected chi connectivity index (χ1v) is 8.70. The largest absolute Gasteiger partial charge is 0.215 e. The fraction of sp³-hybridized carbons (Fsp3) is 0.273. The number of hydrogen-bond donors (Lipinski definition) is 1. The van der Waals surface area contributed by atoms with E-state index in [1.54, 1.807) is 22.7 Å². The molecule has 3 nitrogen and oxygen atoms in total. The molecule has 0 spiro atoms. The van der Waals surface area contributed by atoms with E-state index in [1.807, 2.05) is 6.07 Å². The standard InChI is InChI=1S/C11H13NO2S3/c1-17(13,14)12-7-6-9-4-5-11(16-9)10-3-2-8-15-10/h2-5,8,12H,6-7H2,1H3. The van der Waals surface area contributed by atoms with Gasteiger partial charge in [0.1, 0.15) is 0 Å². The molecule has 92 valence electrons. The highest BCUT2D eigenvalue weighted by Crippen LogP contribution is 2.31. The highest BCUT2D eigenvalue weighted by atomic mass is 32.2. The fourth-order valence-electron chi connectivity index (χ4n) is 1.42. The molecule has 0 aliphatic rings. The van der Waals surface area contributed by atoms with Gasteiger partial charge in [0.05, 0.1) is 6.26 Å². The third-order valence-corrected chi connectivity index (χ3v) is 5.10. The van der Waals surface area contributed by atoms with Gasteiger partial charge in [-0.3, -0.25) is 0 Å². The molecule has 0 fully saturated rings. The summed E-state index contributed by atoms with van der Waals surface area (Å²) in [6.45, 7) is 0.462. The molecule has 0 aliphatic heterocycles. The van der Waals surface area contributed by atoms with Gasteiger partial charge in [-0.05, 0) is 30.0 Å². The van der Waals surface area contributed by atoms with Gasteiger partial charge in [0.25, 0.3) is 0 Å². The minimum absolute atomic E-state index is 0.462. The average Bonchev–Trinajstić information content (AvgIpc) is 2.83. The van der Waals surface area contributed by atoms with E-state index in [2.05, 4.69) is 28.3 Å². The Morgan fingerprint density at radius 1 is 1.24 bits per heavy atom. The van der Waals surface area contributed by atoms with Crippen LogP contribution in [0.3, 0.4) is 0 Å². The van der Waals surface area contributed by atoms with E-state index in [-0.39, 0.29) is 0 Å². The van der Waals surface area contributed by atoms with Crippen LogP contribution in [0.5, 0.6) is 0 Å². The van der Waals surface area contributed by atoms with Crippen LogP contribution < -0.4 is 4.72 Å². The van der Waals surface area contributed by atoms with Gasteiger partial charge in [-0.2, -0.15) is 0 Å². The van der Waals surface area contributed by atoms with Gasteiger partial charge in [-0.25, -0.2) is 13.1 Å². The van der Waals surface area contributed by atoms with Crippen molar-refractivity contribution in [2.45, 2.75) is 6.42 Å². The number of rotatable bonds is 5. The Morgan fingerprint density at radius 2 is 2.06 bits per heavy atom. The van der Waals surface area contributed by atoms with Crippen LogP contribution >= 0.6 is 22.7 Å². The predicted molar refractivity (Wildman–Crippen MR) is 74.2 cm³/mol. The molecular weight excluding hydrogens is 274 g/mol. The van der Waals surface area contributed by atoms with Crippen molar-refractivity contribution in [3.63, 3.8) is 0 Å². The first-order valence-electron chi connectivity index (χ1n) is 5.12. The summed E-state index contributed by atoms with van der Waals surface area (Å²) in [5.41, 5.74) is 0. The van der Waals surface area contributed by atoms with E-state index in [4.69, 9.17) is 0 Å². The summed E-state index contributed by atoms with van der Waals surface area (Å²) in [6, 6.07) is 8.27. The van der Waals surface area contributed by atoms with Gasteiger partial charge in [0, 0.05) is 21.2 Å². The second kappa shape index (κ2) is 5.30. The van der Waals surface area contributed by atoms with Crippen LogP contribution in [0.1, 0.15) is 4.88 Å². The highest BCUT2D eigenvalue weighted by Gasteiger charge is 2.05. The molecule has 2 heterocycles. The Balaban J connectivity index is 1.95. The minimum atomic E-state index is -3.07. The van der Waals surface area contributed by atoms with Crippen LogP contribution in [0.25, 0.3) is 9.75 Å². The van der Waals surface area contributed by atoms with Crippen molar-refractivity contribution in [3.05, 3.63) is 34.5 Å². The predicted octanol–water partition coefficient (Wildman–Crippen LogP) is 2.57. The lowest BCUT2D eigenvalue weighted by Gasteiger charge is -1.99. The van der Waals surface area contributed by atoms with E-state index in [9.17, 15) is 8.42 Å². The van der Waals surface area contributed by atoms with Gasteiger partial charge in [-0.15, -0.1) is 22.7 Å². The molecule has 0 aliphatic carbocycles. The molecule has 0 aromatic carbocycles. The normalized spacial score (nSPS) is 11.8. The van der Waals surface area contributed by atoms with Gasteiger partial charge < -0.3 is 0 Å². The number of hydrogen-bond acceptors (Lipinski definition) is 4. The zero-order chi connectivity index (χ0) is 12.3. The Hall–Kier alpha value is -0.690. The second-order valence-corrected chi connectivity index (χ2v) is 7.61. The van der Waals surface area contributed by atoms with Crippen molar-refractivity contribution in [1.82, 2.24) is 4.72 Å². The maximum atomic E-state index is 10.9. The van der Waals surface area contributed by atoms with Gasteiger partial charge in [-0.1, -0.05) is 6.07 Å². The lowest BCUT2D eigenvalue weighted by Crippen LogP contribution is -2.23. The summed E-state index contributed by atoms with van der Waals surface area (Å²) in [4.78, 5) is 3.70. The Bertz CT molecular complexity index is 570. The van der Waals surface area contributed by atoms with E-state index in [0.29, 0.717) is 6.54 Å². The number of nitrogens with one attached hydrogen (secondary N) is 1. The molecule has 2 rings (SSSR count). The molecule has 2 aromatic heterocycles. The van der Waals surface area contributed by atoms with Crippen LogP contribution in [-0.2, 0) is 16.4 Å². The zero-order valence-electron chi connectivity index (χ0n) is 9.34. The lowest BCUT2D eigenvalue weighted by atomic mass is 10.3. The van der Waals surface area contributed by atoms with Crippen molar-refractivity contribution >= 4 is 32.7 Å². The third kappa shape index (κ3) is 3.92. The summed E-state index contributed by atoms with van der Waals surface area (Å²) in [6.07, 6.45) is 1.92. The lowest BCUT2D eigenvalue weighted by molar-refractivity contribution is 0.588. The van der Waals surface area contributed by atoms with Crippen molar-refractivity contribution < 1.29 is 8.42 Å². The molecule has 0 amide bonds. The summed E-state index contributed by atoms with van der Waals surface area (Å²) in [5, 5.41) is 2.06. The molecule has 2 aromatic rings.